The number of hydrogen-bond donors (Lipinski definition) is 0. The van der Waals surface area contributed by atoms with Crippen LogP contribution in [0.5, 0.6) is 0 Å². The average molecular weight is 176 g/mol. The van der Waals surface area contributed by atoms with Crippen molar-refractivity contribution in [2.75, 3.05) is 0 Å². The van der Waals surface area contributed by atoms with E-state index in [2.05, 4.69) is 65.2 Å². The largest absolute Gasteiger partial charge is 0.0964 e. The lowest BCUT2D eigenvalue weighted by Gasteiger charge is -2.07. The molecule has 0 aliphatic carbocycles. The van der Waals surface area contributed by atoms with Crippen molar-refractivity contribution >= 4 is 0 Å². The van der Waals surface area contributed by atoms with Crippen molar-refractivity contribution in [3.05, 3.63) is 0 Å². The molecule has 0 aromatic heterocycles. The lowest BCUT2D eigenvalue weighted by molar-refractivity contribution is 0.569. The van der Waals surface area contributed by atoms with Gasteiger partial charge in [0.05, 0.1) is 6.42 Å². The van der Waals surface area contributed by atoms with Gasteiger partial charge in [0.1, 0.15) is 0 Å². The summed E-state index contributed by atoms with van der Waals surface area (Å²) in [6, 6.07) is 0. The second kappa shape index (κ2) is 4.38. The van der Waals surface area contributed by atoms with Crippen LogP contribution in [-0.2, 0) is 0 Å². The fraction of sp³-hybridized carbons (Fsp3) is 0.692. The first-order chi connectivity index (χ1) is 5.71. The summed E-state index contributed by atoms with van der Waals surface area (Å²) >= 11 is 0. The summed E-state index contributed by atoms with van der Waals surface area (Å²) in [4.78, 5) is 0. The minimum absolute atomic E-state index is 0.101. The van der Waals surface area contributed by atoms with Crippen LogP contribution in [-0.4, -0.2) is 0 Å². The quantitative estimate of drug-likeness (QED) is 0.496. The summed E-state index contributed by atoms with van der Waals surface area (Å²) < 4.78 is 0. The molecule has 0 unspecified atom stereocenters. The van der Waals surface area contributed by atoms with Crippen LogP contribution >= 0.6 is 0 Å². The monoisotopic (exact) mass is 176 g/mol. The third-order valence-electron chi connectivity index (χ3n) is 1.10. The molecule has 0 aliphatic heterocycles. The standard InChI is InChI=1S/C13H20/c1-12(2,3)10-8-7-9-11-13(4,5)6/h7H2,1-6H3. The van der Waals surface area contributed by atoms with E-state index in [1.807, 2.05) is 0 Å². The van der Waals surface area contributed by atoms with Crippen LogP contribution in [0.4, 0.5) is 0 Å². The molecule has 0 spiro atoms. The van der Waals surface area contributed by atoms with Crippen LogP contribution in [0, 0.1) is 34.5 Å². The Morgan fingerprint density at radius 1 is 0.692 bits per heavy atom. The third kappa shape index (κ3) is 11.1. The summed E-state index contributed by atoms with van der Waals surface area (Å²) in [6.07, 6.45) is 0.689. The summed E-state index contributed by atoms with van der Waals surface area (Å²) in [7, 11) is 0. The summed E-state index contributed by atoms with van der Waals surface area (Å²) in [6.45, 7) is 12.6. The van der Waals surface area contributed by atoms with E-state index in [1.165, 1.54) is 0 Å². The number of hydrogen-bond acceptors (Lipinski definition) is 0. The van der Waals surface area contributed by atoms with E-state index < -0.39 is 0 Å². The molecule has 0 nitrogen and oxygen atoms in total. The van der Waals surface area contributed by atoms with Crippen LogP contribution in [0.15, 0.2) is 0 Å². The molecule has 13 heavy (non-hydrogen) atoms. The van der Waals surface area contributed by atoms with Crippen LogP contribution in [0.25, 0.3) is 0 Å². The maximum Gasteiger partial charge on any atom is 0.0703 e. The zero-order chi connectivity index (χ0) is 10.5. The predicted octanol–water partition coefficient (Wildman–Crippen LogP) is 3.48. The van der Waals surface area contributed by atoms with Gasteiger partial charge in [-0.15, -0.1) is 0 Å². The molecule has 0 aliphatic rings. The van der Waals surface area contributed by atoms with Gasteiger partial charge in [-0.1, -0.05) is 23.7 Å². The minimum Gasteiger partial charge on any atom is -0.0964 e. The molecule has 0 amide bonds. The Bertz CT molecular complexity index is 230. The molecule has 0 rings (SSSR count). The van der Waals surface area contributed by atoms with Crippen LogP contribution in [0.3, 0.4) is 0 Å². The fourth-order valence-corrected chi connectivity index (χ4v) is 0.663. The molecule has 0 bridgehead atoms. The highest BCUT2D eigenvalue weighted by Gasteiger charge is 2.03. The van der Waals surface area contributed by atoms with Gasteiger partial charge in [0.2, 0.25) is 0 Å². The Labute approximate surface area is 83.1 Å². The minimum atomic E-state index is 0.101. The van der Waals surface area contributed by atoms with Gasteiger partial charge in [0.15, 0.2) is 0 Å². The third-order valence-corrected chi connectivity index (χ3v) is 1.10. The highest BCUT2D eigenvalue weighted by molar-refractivity contribution is 5.17. The van der Waals surface area contributed by atoms with Gasteiger partial charge in [-0.25, -0.2) is 0 Å². The molecule has 0 aromatic rings. The zero-order valence-corrected chi connectivity index (χ0v) is 9.71. The van der Waals surface area contributed by atoms with Gasteiger partial charge in [-0.3, -0.25) is 0 Å². The molecule has 0 N–H and O–H groups in total. The summed E-state index contributed by atoms with van der Waals surface area (Å²) in [5.74, 6) is 12.5. The molecule has 0 fully saturated rings. The molecule has 0 heterocycles. The number of rotatable bonds is 0. The van der Waals surface area contributed by atoms with Crippen molar-refractivity contribution in [1.82, 2.24) is 0 Å². The Morgan fingerprint density at radius 3 is 1.23 bits per heavy atom. The first-order valence-corrected chi connectivity index (χ1v) is 4.71. The molecule has 0 saturated heterocycles. The van der Waals surface area contributed by atoms with Crippen molar-refractivity contribution < 1.29 is 0 Å². The smallest absolute Gasteiger partial charge is 0.0703 e. The fourth-order valence-electron chi connectivity index (χ4n) is 0.663. The highest BCUT2D eigenvalue weighted by Crippen LogP contribution is 2.11. The molecule has 0 heteroatoms. The molecule has 72 valence electrons. The van der Waals surface area contributed by atoms with Gasteiger partial charge < -0.3 is 0 Å². The molecule has 0 aromatic carbocycles. The first-order valence-electron chi connectivity index (χ1n) is 4.71. The van der Waals surface area contributed by atoms with E-state index in [0.717, 1.165) is 0 Å². The maximum absolute atomic E-state index is 3.16. The zero-order valence-electron chi connectivity index (χ0n) is 9.71. The molecular weight excluding hydrogens is 156 g/mol. The van der Waals surface area contributed by atoms with Crippen molar-refractivity contribution in [3.63, 3.8) is 0 Å². The van der Waals surface area contributed by atoms with Crippen molar-refractivity contribution in [3.8, 4) is 23.7 Å². The van der Waals surface area contributed by atoms with Crippen molar-refractivity contribution in [1.29, 1.82) is 0 Å². The Hall–Kier alpha value is -0.880. The van der Waals surface area contributed by atoms with Gasteiger partial charge in [-0.05, 0) is 41.5 Å². The SMILES string of the molecule is CC(C)(C)C#CCC#CC(C)(C)C. The van der Waals surface area contributed by atoms with Gasteiger partial charge >= 0.3 is 0 Å². The first kappa shape index (κ1) is 12.1. The molecular formula is C13H20. The lowest BCUT2D eigenvalue weighted by Crippen LogP contribution is -1.99. The van der Waals surface area contributed by atoms with Gasteiger partial charge in [0.25, 0.3) is 0 Å². The molecule has 0 radical (unpaired) electrons. The van der Waals surface area contributed by atoms with Crippen molar-refractivity contribution in [2.24, 2.45) is 10.8 Å². The Morgan fingerprint density at radius 2 is 1.00 bits per heavy atom. The predicted molar refractivity (Wildman–Crippen MR) is 59.1 cm³/mol. The second-order valence-corrected chi connectivity index (χ2v) is 5.28. The van der Waals surface area contributed by atoms with E-state index in [1.54, 1.807) is 0 Å². The Kier molecular flexibility index (Phi) is 4.09. The van der Waals surface area contributed by atoms with E-state index in [-0.39, 0.29) is 10.8 Å². The van der Waals surface area contributed by atoms with E-state index in [9.17, 15) is 0 Å². The molecule has 0 saturated carbocycles. The topological polar surface area (TPSA) is 0 Å². The summed E-state index contributed by atoms with van der Waals surface area (Å²) in [5.41, 5.74) is 0.201. The maximum atomic E-state index is 3.16. The van der Waals surface area contributed by atoms with E-state index in [0.29, 0.717) is 6.42 Å². The summed E-state index contributed by atoms with van der Waals surface area (Å²) in [5, 5.41) is 0. The van der Waals surface area contributed by atoms with Gasteiger partial charge in [-0.2, -0.15) is 0 Å². The second-order valence-electron chi connectivity index (χ2n) is 5.28. The average Bonchev–Trinajstić information content (AvgIpc) is 1.81. The molecule has 0 atom stereocenters. The Balaban J connectivity index is 4.03. The van der Waals surface area contributed by atoms with E-state index in [4.69, 9.17) is 0 Å². The lowest BCUT2D eigenvalue weighted by atomic mass is 9.97. The van der Waals surface area contributed by atoms with Crippen LogP contribution < -0.4 is 0 Å². The van der Waals surface area contributed by atoms with E-state index >= 15 is 0 Å². The van der Waals surface area contributed by atoms with Gasteiger partial charge in [0, 0.05) is 10.8 Å². The van der Waals surface area contributed by atoms with Crippen LogP contribution in [0.1, 0.15) is 48.0 Å². The normalized spacial score (nSPS) is 10.9. The highest BCUT2D eigenvalue weighted by atomic mass is 14.1. The van der Waals surface area contributed by atoms with Crippen molar-refractivity contribution in [2.45, 2.75) is 48.0 Å². The van der Waals surface area contributed by atoms with Crippen LogP contribution in [0.2, 0.25) is 0 Å².